The van der Waals surface area contributed by atoms with Gasteiger partial charge in [-0.15, -0.1) is 0 Å². The van der Waals surface area contributed by atoms with Gasteiger partial charge in [0.05, 0.1) is 0 Å². The van der Waals surface area contributed by atoms with E-state index in [-0.39, 0.29) is 0 Å². The maximum absolute atomic E-state index is 3.33. The van der Waals surface area contributed by atoms with Gasteiger partial charge >= 0.3 is 39.7 Å². The standard InChI is InChI=1S/C2H5.Al.BrH/c1-2;;/h1H2,2H3;;1H/q;+2;/p-1. The van der Waals surface area contributed by atoms with Crippen LogP contribution >= 0.6 is 14.1 Å². The molecular formula is C2H5AlBr+. The molecular weight excluding hydrogens is 131 g/mol. The summed E-state index contributed by atoms with van der Waals surface area (Å²) in [6.45, 7) is 2.17. The van der Waals surface area contributed by atoms with Crippen molar-refractivity contribution in [3.63, 3.8) is 0 Å². The van der Waals surface area contributed by atoms with Crippen LogP contribution in [0.2, 0.25) is 5.28 Å². The third-order valence-electron chi connectivity index (χ3n) is 0.154. The van der Waals surface area contributed by atoms with Gasteiger partial charge in [-0.05, 0) is 0 Å². The molecule has 0 rings (SSSR count). The molecule has 0 unspecified atom stereocenters. The van der Waals surface area contributed by atoms with Gasteiger partial charge in [0.2, 0.25) is 0 Å². The summed E-state index contributed by atoms with van der Waals surface area (Å²) in [5.41, 5.74) is 0. The molecule has 0 bridgehead atoms. The fourth-order valence-corrected chi connectivity index (χ4v) is 0. The molecule has 0 spiro atoms. The predicted molar refractivity (Wildman–Crippen MR) is 25.2 cm³/mol. The van der Waals surface area contributed by atoms with E-state index in [4.69, 9.17) is 0 Å². The summed E-state index contributed by atoms with van der Waals surface area (Å²) in [4.78, 5) is 0. The Morgan fingerprint density at radius 2 is 2.25 bits per heavy atom. The maximum atomic E-state index is 3.33. The van der Waals surface area contributed by atoms with Crippen LogP contribution in [0.3, 0.4) is 0 Å². The molecule has 0 nitrogen and oxygen atoms in total. The second-order valence-corrected chi connectivity index (χ2v) is 3.63. The summed E-state index contributed by atoms with van der Waals surface area (Å²) in [6.07, 6.45) is 0. The van der Waals surface area contributed by atoms with Gasteiger partial charge in [0.25, 0.3) is 0 Å². The van der Waals surface area contributed by atoms with E-state index in [1.165, 1.54) is 5.28 Å². The number of rotatable bonds is 1. The van der Waals surface area contributed by atoms with Crippen LogP contribution in [0.5, 0.6) is 0 Å². The SMILES string of the molecule is C[CH2][Al+][Br]. The predicted octanol–water partition coefficient (Wildman–Crippen LogP) is 1.44. The minimum absolute atomic E-state index is 0.595. The molecule has 0 saturated heterocycles. The van der Waals surface area contributed by atoms with E-state index < -0.39 is 0 Å². The second-order valence-electron chi connectivity index (χ2n) is 0.563. The van der Waals surface area contributed by atoms with Crippen LogP contribution in [0.15, 0.2) is 0 Å². The summed E-state index contributed by atoms with van der Waals surface area (Å²) < 4.78 is 0. The van der Waals surface area contributed by atoms with Crippen LogP contribution < -0.4 is 0 Å². The Morgan fingerprint density at radius 1 is 2.00 bits per heavy atom. The molecule has 0 radical (unpaired) electrons. The average molecular weight is 136 g/mol. The van der Waals surface area contributed by atoms with E-state index in [2.05, 4.69) is 21.0 Å². The Morgan fingerprint density at radius 3 is 2.25 bits per heavy atom. The van der Waals surface area contributed by atoms with E-state index in [0.29, 0.717) is 13.4 Å². The molecule has 22 valence electrons. The van der Waals surface area contributed by atoms with Gasteiger partial charge in [0, 0.05) is 0 Å². The molecule has 0 amide bonds. The van der Waals surface area contributed by atoms with Crippen LogP contribution in [0.4, 0.5) is 0 Å². The Labute approximate surface area is 40.0 Å². The Kier molecular flexibility index (Phi) is 5.03. The van der Waals surface area contributed by atoms with Gasteiger partial charge < -0.3 is 0 Å². The van der Waals surface area contributed by atoms with E-state index in [9.17, 15) is 0 Å². The molecule has 0 saturated carbocycles. The van der Waals surface area contributed by atoms with E-state index >= 15 is 0 Å². The molecule has 0 aliphatic rings. The Bertz CT molecular complexity index is 8.00. The van der Waals surface area contributed by atoms with Crippen molar-refractivity contribution in [2.24, 2.45) is 0 Å². The average Bonchev–Trinajstić information content (AvgIpc) is 1.37. The van der Waals surface area contributed by atoms with Crippen molar-refractivity contribution < 1.29 is 0 Å². The zero-order valence-electron chi connectivity index (χ0n) is 2.66. The summed E-state index contributed by atoms with van der Waals surface area (Å²) in [6, 6.07) is 0. The third kappa shape index (κ3) is 3.01. The van der Waals surface area contributed by atoms with Crippen molar-refractivity contribution in [3.8, 4) is 0 Å². The van der Waals surface area contributed by atoms with E-state index in [0.717, 1.165) is 0 Å². The molecule has 2 heteroatoms. The molecule has 0 aliphatic carbocycles. The quantitative estimate of drug-likeness (QED) is 0.478. The molecule has 0 N–H and O–H groups in total. The first-order valence-corrected chi connectivity index (χ1v) is 5.33. The molecule has 4 heavy (non-hydrogen) atoms. The summed E-state index contributed by atoms with van der Waals surface area (Å²) in [7, 11) is 0. The van der Waals surface area contributed by atoms with Crippen molar-refractivity contribution in [2.45, 2.75) is 12.2 Å². The number of halogens is 1. The van der Waals surface area contributed by atoms with Crippen molar-refractivity contribution in [1.29, 1.82) is 0 Å². The third-order valence-corrected chi connectivity index (χ3v) is 2.41. The first kappa shape index (κ1) is 5.01. The molecule has 0 atom stereocenters. The second kappa shape index (κ2) is 4.01. The zero-order chi connectivity index (χ0) is 3.41. The summed E-state index contributed by atoms with van der Waals surface area (Å²) >= 11 is 3.93. The fourth-order valence-electron chi connectivity index (χ4n) is 0. The molecule has 0 heterocycles. The number of hydrogen-bond donors (Lipinski definition) is 0. The Balaban J connectivity index is 1.97. The summed E-state index contributed by atoms with van der Waals surface area (Å²) in [5, 5.41) is 1.32. The van der Waals surface area contributed by atoms with Crippen molar-refractivity contribution in [2.75, 3.05) is 0 Å². The normalized spacial score (nSPS) is 5.50. The van der Waals surface area contributed by atoms with Crippen molar-refractivity contribution in [3.05, 3.63) is 0 Å². The monoisotopic (exact) mass is 135 g/mol. The minimum atomic E-state index is 0.595. The van der Waals surface area contributed by atoms with E-state index in [1.807, 2.05) is 0 Å². The van der Waals surface area contributed by atoms with Crippen molar-refractivity contribution in [1.82, 2.24) is 0 Å². The van der Waals surface area contributed by atoms with Crippen LogP contribution in [0, 0.1) is 0 Å². The van der Waals surface area contributed by atoms with Crippen molar-refractivity contribution >= 4 is 27.4 Å². The summed E-state index contributed by atoms with van der Waals surface area (Å²) in [5.74, 6) is 0. The topological polar surface area (TPSA) is 0 Å². The van der Waals surface area contributed by atoms with Crippen LogP contribution in [0.1, 0.15) is 6.92 Å². The van der Waals surface area contributed by atoms with Crippen LogP contribution in [-0.2, 0) is 0 Å². The first-order valence-electron chi connectivity index (χ1n) is 1.33. The van der Waals surface area contributed by atoms with Gasteiger partial charge in [-0.2, -0.15) is 0 Å². The van der Waals surface area contributed by atoms with Gasteiger partial charge in [-0.1, -0.05) is 0 Å². The molecule has 0 aromatic carbocycles. The van der Waals surface area contributed by atoms with Gasteiger partial charge in [-0.25, -0.2) is 0 Å². The van der Waals surface area contributed by atoms with Crippen LogP contribution in [-0.4, -0.2) is 13.4 Å². The van der Waals surface area contributed by atoms with Gasteiger partial charge in [-0.3, -0.25) is 0 Å². The molecule has 0 aromatic rings. The fraction of sp³-hybridized carbons (Fsp3) is 1.00. The zero-order valence-corrected chi connectivity index (χ0v) is 5.40. The molecule has 0 aromatic heterocycles. The molecule has 0 fully saturated rings. The number of hydrogen-bond acceptors (Lipinski definition) is 0. The first-order chi connectivity index (χ1) is 1.91. The Hall–Kier alpha value is 1.01. The van der Waals surface area contributed by atoms with E-state index in [1.54, 1.807) is 0 Å². The molecule has 0 aliphatic heterocycles. The van der Waals surface area contributed by atoms with Crippen LogP contribution in [0.25, 0.3) is 0 Å². The van der Waals surface area contributed by atoms with Gasteiger partial charge in [0.15, 0.2) is 0 Å². The van der Waals surface area contributed by atoms with Gasteiger partial charge in [0.1, 0.15) is 0 Å².